The van der Waals surface area contributed by atoms with Crippen molar-refractivity contribution < 1.29 is 14.3 Å². The number of aromatic nitrogens is 1. The van der Waals surface area contributed by atoms with E-state index in [0.29, 0.717) is 31.7 Å². The summed E-state index contributed by atoms with van der Waals surface area (Å²) in [7, 11) is 1.65. The molecule has 0 unspecified atom stereocenters. The van der Waals surface area contributed by atoms with Gasteiger partial charge in [0.1, 0.15) is 5.75 Å². The maximum atomic E-state index is 14.0. The fourth-order valence-electron chi connectivity index (χ4n) is 5.98. The summed E-state index contributed by atoms with van der Waals surface area (Å²) in [6.07, 6.45) is 0. The Labute approximate surface area is 252 Å². The molecular weight excluding hydrogens is 534 g/mol. The van der Waals surface area contributed by atoms with Gasteiger partial charge in [0.25, 0.3) is 5.91 Å². The Balaban J connectivity index is 1.25. The number of hydrogen-bond donors (Lipinski definition) is 0. The summed E-state index contributed by atoms with van der Waals surface area (Å²) in [6.45, 7) is 3.92. The summed E-state index contributed by atoms with van der Waals surface area (Å²) in [5.41, 5.74) is 6.36. The van der Waals surface area contributed by atoms with Crippen molar-refractivity contribution >= 4 is 11.8 Å². The van der Waals surface area contributed by atoms with Gasteiger partial charge in [0.15, 0.2) is 0 Å². The fraction of sp³-hybridized carbons (Fsp3) is 0.189. The number of amides is 2. The maximum absolute atomic E-state index is 14.0. The molecule has 1 aromatic heterocycles. The molecule has 4 aromatic carbocycles. The van der Waals surface area contributed by atoms with Gasteiger partial charge in [0, 0.05) is 43.6 Å². The molecule has 0 N–H and O–H groups in total. The van der Waals surface area contributed by atoms with Crippen LogP contribution >= 0.6 is 0 Å². The van der Waals surface area contributed by atoms with Crippen molar-refractivity contribution in [3.05, 3.63) is 144 Å². The number of ether oxygens (including phenoxy) is 1. The monoisotopic (exact) mass is 569 g/mol. The van der Waals surface area contributed by atoms with Gasteiger partial charge in [-0.25, -0.2) is 0 Å². The minimum Gasteiger partial charge on any atom is -0.497 e. The van der Waals surface area contributed by atoms with E-state index >= 15 is 0 Å². The first-order valence-electron chi connectivity index (χ1n) is 14.7. The first kappa shape index (κ1) is 28.0. The van der Waals surface area contributed by atoms with E-state index in [2.05, 4.69) is 16.7 Å². The summed E-state index contributed by atoms with van der Waals surface area (Å²) in [6, 6.07) is 39.8. The van der Waals surface area contributed by atoms with Crippen LogP contribution in [0.2, 0.25) is 0 Å². The van der Waals surface area contributed by atoms with Crippen LogP contribution in [0.15, 0.2) is 121 Å². The van der Waals surface area contributed by atoms with Gasteiger partial charge in [-0.1, -0.05) is 97.1 Å². The van der Waals surface area contributed by atoms with Crippen LogP contribution in [0.25, 0.3) is 16.9 Å². The molecule has 2 amide bonds. The lowest BCUT2D eigenvalue weighted by Gasteiger charge is -2.36. The van der Waals surface area contributed by atoms with Crippen molar-refractivity contribution in [1.82, 2.24) is 14.4 Å². The lowest BCUT2D eigenvalue weighted by Crippen LogP contribution is -2.51. The first-order chi connectivity index (χ1) is 21.0. The molecule has 216 valence electrons. The maximum Gasteiger partial charge on any atom is 0.255 e. The molecular formula is C37H35N3O3. The second kappa shape index (κ2) is 12.4. The number of nitrogens with zero attached hydrogens (tertiary/aromatic N) is 3. The zero-order valence-corrected chi connectivity index (χ0v) is 24.5. The summed E-state index contributed by atoms with van der Waals surface area (Å²) in [5, 5.41) is 0. The minimum absolute atomic E-state index is 0.0221. The Morgan fingerprint density at radius 3 is 1.81 bits per heavy atom. The highest BCUT2D eigenvalue weighted by Crippen LogP contribution is 2.32. The number of piperazine rings is 1. The zero-order chi connectivity index (χ0) is 29.8. The first-order valence-corrected chi connectivity index (χ1v) is 14.7. The van der Waals surface area contributed by atoms with Crippen LogP contribution in [-0.2, 0) is 4.79 Å². The van der Waals surface area contributed by atoms with Crippen LogP contribution in [0.3, 0.4) is 0 Å². The number of carbonyl (C=O) groups excluding carboxylic acids is 2. The van der Waals surface area contributed by atoms with Crippen LogP contribution in [-0.4, -0.2) is 59.5 Å². The smallest absolute Gasteiger partial charge is 0.255 e. The summed E-state index contributed by atoms with van der Waals surface area (Å²) >= 11 is 0. The zero-order valence-electron chi connectivity index (χ0n) is 24.5. The Morgan fingerprint density at radius 1 is 0.674 bits per heavy atom. The van der Waals surface area contributed by atoms with Gasteiger partial charge in [-0.2, -0.15) is 0 Å². The van der Waals surface area contributed by atoms with Crippen molar-refractivity contribution in [3.8, 4) is 22.7 Å². The molecule has 6 heteroatoms. The third-order valence-corrected chi connectivity index (χ3v) is 8.25. The van der Waals surface area contributed by atoms with Gasteiger partial charge in [-0.05, 0) is 41.8 Å². The fourth-order valence-corrected chi connectivity index (χ4v) is 5.98. The van der Waals surface area contributed by atoms with Gasteiger partial charge in [-0.15, -0.1) is 0 Å². The molecule has 1 saturated heterocycles. The molecule has 0 atom stereocenters. The second-order valence-electron chi connectivity index (χ2n) is 10.8. The Hall–Kier alpha value is -5.10. The van der Waals surface area contributed by atoms with Crippen LogP contribution in [0.5, 0.6) is 5.75 Å². The molecule has 0 spiro atoms. The van der Waals surface area contributed by atoms with Crippen LogP contribution in [0.4, 0.5) is 0 Å². The van der Waals surface area contributed by atoms with E-state index < -0.39 is 0 Å². The Bertz CT molecular complexity index is 1670. The van der Waals surface area contributed by atoms with E-state index in [9.17, 15) is 9.59 Å². The van der Waals surface area contributed by atoms with Gasteiger partial charge in [-0.3, -0.25) is 9.59 Å². The van der Waals surface area contributed by atoms with Gasteiger partial charge >= 0.3 is 0 Å². The molecule has 6 rings (SSSR count). The highest BCUT2D eigenvalue weighted by atomic mass is 16.5. The van der Waals surface area contributed by atoms with E-state index in [4.69, 9.17) is 4.74 Å². The average molecular weight is 570 g/mol. The number of hydrogen-bond acceptors (Lipinski definition) is 3. The molecule has 0 aliphatic carbocycles. The number of benzene rings is 4. The van der Waals surface area contributed by atoms with E-state index in [1.54, 1.807) is 7.11 Å². The molecule has 43 heavy (non-hydrogen) atoms. The van der Waals surface area contributed by atoms with Crippen LogP contribution in [0, 0.1) is 6.92 Å². The summed E-state index contributed by atoms with van der Waals surface area (Å²) in [5.74, 6) is 0.419. The predicted molar refractivity (Wildman–Crippen MR) is 170 cm³/mol. The highest BCUT2D eigenvalue weighted by molar-refractivity contribution is 5.97. The Morgan fingerprint density at radius 2 is 1.23 bits per heavy atom. The number of methoxy groups -OCH3 is 1. The van der Waals surface area contributed by atoms with E-state index in [-0.39, 0.29) is 17.7 Å². The molecule has 0 radical (unpaired) electrons. The third-order valence-electron chi connectivity index (χ3n) is 8.25. The highest BCUT2D eigenvalue weighted by Gasteiger charge is 2.32. The topological polar surface area (TPSA) is 54.8 Å². The standard InChI is InChI=1S/C37H35N3O3/c1-27-33(26-34(28-13-6-3-7-14-28)40(27)31-19-12-20-32(25-31)43-2)36(41)38-21-23-39(24-22-38)37(42)35(29-15-8-4-9-16-29)30-17-10-5-11-18-30/h3-20,25-26,35H,21-24H2,1-2H3. The molecule has 1 aliphatic heterocycles. The van der Waals surface area contributed by atoms with Gasteiger partial charge in [0.05, 0.1) is 24.3 Å². The van der Waals surface area contributed by atoms with Crippen LogP contribution in [0.1, 0.15) is 33.1 Å². The van der Waals surface area contributed by atoms with E-state index in [0.717, 1.165) is 39.5 Å². The quantitative estimate of drug-likeness (QED) is 0.223. The summed E-state index contributed by atoms with van der Waals surface area (Å²) < 4.78 is 7.61. The molecule has 2 heterocycles. The minimum atomic E-state index is -0.378. The van der Waals surface area contributed by atoms with Crippen molar-refractivity contribution in [3.63, 3.8) is 0 Å². The van der Waals surface area contributed by atoms with Gasteiger partial charge < -0.3 is 19.1 Å². The lowest BCUT2D eigenvalue weighted by molar-refractivity contribution is -0.133. The number of carbonyl (C=O) groups is 2. The third kappa shape index (κ3) is 5.69. The average Bonchev–Trinajstić information content (AvgIpc) is 3.42. The Kier molecular flexibility index (Phi) is 8.09. The van der Waals surface area contributed by atoms with Gasteiger partial charge in [0.2, 0.25) is 5.91 Å². The van der Waals surface area contributed by atoms with Crippen LogP contribution < -0.4 is 4.74 Å². The SMILES string of the molecule is COc1cccc(-n2c(-c3ccccc3)cc(C(=O)N3CCN(C(=O)C(c4ccccc4)c4ccccc4)CC3)c2C)c1. The lowest BCUT2D eigenvalue weighted by atomic mass is 9.90. The molecule has 5 aromatic rings. The van der Waals surface area contributed by atoms with E-state index in [1.807, 2.05) is 126 Å². The van der Waals surface area contributed by atoms with Crippen molar-refractivity contribution in [2.45, 2.75) is 12.8 Å². The largest absolute Gasteiger partial charge is 0.497 e. The van der Waals surface area contributed by atoms with Crippen molar-refractivity contribution in [2.75, 3.05) is 33.3 Å². The summed E-state index contributed by atoms with van der Waals surface area (Å²) in [4.78, 5) is 31.7. The van der Waals surface area contributed by atoms with E-state index in [1.165, 1.54) is 0 Å². The molecule has 0 saturated carbocycles. The number of rotatable bonds is 7. The molecule has 1 aliphatic rings. The molecule has 1 fully saturated rings. The molecule has 6 nitrogen and oxygen atoms in total. The molecule has 0 bridgehead atoms. The second-order valence-corrected chi connectivity index (χ2v) is 10.8. The predicted octanol–water partition coefficient (Wildman–Crippen LogP) is 6.58. The van der Waals surface area contributed by atoms with Crippen molar-refractivity contribution in [1.29, 1.82) is 0 Å². The normalized spacial score (nSPS) is 13.3. The van der Waals surface area contributed by atoms with Crippen molar-refractivity contribution in [2.24, 2.45) is 0 Å².